The van der Waals surface area contributed by atoms with Crippen LogP contribution in [-0.2, 0) is 13.0 Å². The smallest absolute Gasteiger partial charge is 0.229 e. The van der Waals surface area contributed by atoms with Gasteiger partial charge < -0.3 is 15.5 Å². The molecule has 0 spiro atoms. The number of nitrogens with one attached hydrogen (secondary N) is 1. The van der Waals surface area contributed by atoms with E-state index in [0.29, 0.717) is 23.5 Å². The molecule has 2 aromatic carbocycles. The zero-order valence-corrected chi connectivity index (χ0v) is 18.3. The number of aliphatic hydroxyl groups is 2. The summed E-state index contributed by atoms with van der Waals surface area (Å²) in [6.45, 7) is 2.84. The summed E-state index contributed by atoms with van der Waals surface area (Å²) in [7, 11) is 0. The van der Waals surface area contributed by atoms with Crippen molar-refractivity contribution in [2.75, 3.05) is 25.0 Å². The number of rotatable bonds is 7. The largest absolute Gasteiger partial charge is 0.396 e. The van der Waals surface area contributed by atoms with Gasteiger partial charge >= 0.3 is 0 Å². The first-order chi connectivity index (χ1) is 16.2. The molecule has 0 amide bonds. The van der Waals surface area contributed by atoms with Crippen LogP contribution in [0.25, 0.3) is 16.9 Å². The second kappa shape index (κ2) is 9.62. The van der Waals surface area contributed by atoms with Gasteiger partial charge in [0, 0.05) is 31.9 Å². The first-order valence-corrected chi connectivity index (χ1v) is 11.2. The lowest BCUT2D eigenvalue weighted by Gasteiger charge is -2.29. The minimum Gasteiger partial charge on any atom is -0.396 e. The normalized spacial score (nSPS) is 15.2. The fourth-order valence-electron chi connectivity index (χ4n) is 4.09. The average Bonchev–Trinajstić information content (AvgIpc) is 3.26. The molecule has 3 heterocycles. The number of hydrogen-bond donors (Lipinski definition) is 3. The van der Waals surface area contributed by atoms with Crippen LogP contribution in [0.4, 0.5) is 11.6 Å². The highest BCUT2D eigenvalue weighted by Crippen LogP contribution is 2.20. The Morgan fingerprint density at radius 3 is 2.64 bits per heavy atom. The molecule has 1 saturated heterocycles. The average molecular weight is 446 g/mol. The highest BCUT2D eigenvalue weighted by atomic mass is 16.3. The third-order valence-electron chi connectivity index (χ3n) is 5.92. The number of piperidine rings is 1. The highest BCUT2D eigenvalue weighted by Gasteiger charge is 2.17. The summed E-state index contributed by atoms with van der Waals surface area (Å²) in [4.78, 5) is 11.4. The van der Waals surface area contributed by atoms with Crippen LogP contribution in [0.2, 0.25) is 0 Å². The van der Waals surface area contributed by atoms with Gasteiger partial charge in [0.05, 0.1) is 18.0 Å². The molecule has 33 heavy (non-hydrogen) atoms. The zero-order chi connectivity index (χ0) is 22.6. The predicted octanol–water partition coefficient (Wildman–Crippen LogP) is 2.45. The summed E-state index contributed by atoms with van der Waals surface area (Å²) >= 11 is 0. The summed E-state index contributed by atoms with van der Waals surface area (Å²) in [5.74, 6) is 0.468. The van der Waals surface area contributed by atoms with Gasteiger partial charge in [0.15, 0.2) is 11.2 Å². The van der Waals surface area contributed by atoms with E-state index in [4.69, 9.17) is 0 Å². The number of aliphatic hydroxyl groups excluding tert-OH is 2. The molecule has 1 fully saturated rings. The monoisotopic (exact) mass is 445 g/mol. The third kappa shape index (κ3) is 5.00. The van der Waals surface area contributed by atoms with Crippen molar-refractivity contribution in [3.05, 3.63) is 65.9 Å². The number of aromatic nitrogens is 5. The molecule has 0 aliphatic carbocycles. The van der Waals surface area contributed by atoms with E-state index in [1.807, 2.05) is 36.4 Å². The minimum atomic E-state index is -0.152. The second-order valence-corrected chi connectivity index (χ2v) is 8.38. The Morgan fingerprint density at radius 2 is 1.85 bits per heavy atom. The standard InChI is InChI=1S/C24H27N7O2/c32-13-10-17-2-1-3-20(14-17)31-23-22(28-29-31)15-25-24(27-23)26-19-6-4-18(5-7-19)16-30-11-8-21(33)9-12-30/h1-7,14-15,21,32-33H,8-13,16H2,(H,25,26,27). The van der Waals surface area contributed by atoms with Crippen LogP contribution >= 0.6 is 0 Å². The van der Waals surface area contributed by atoms with E-state index in [1.165, 1.54) is 5.56 Å². The Morgan fingerprint density at radius 1 is 1.03 bits per heavy atom. The van der Waals surface area contributed by atoms with Crippen LogP contribution < -0.4 is 5.32 Å². The quantitative estimate of drug-likeness (QED) is 0.398. The number of likely N-dealkylation sites (tertiary alicyclic amines) is 1. The van der Waals surface area contributed by atoms with Crippen molar-refractivity contribution in [1.29, 1.82) is 0 Å². The molecule has 3 N–H and O–H groups in total. The molecule has 4 aromatic rings. The molecule has 1 aliphatic heterocycles. The van der Waals surface area contributed by atoms with Crippen LogP contribution in [-0.4, -0.2) is 65.9 Å². The molecular formula is C24H27N7O2. The van der Waals surface area contributed by atoms with E-state index in [1.54, 1.807) is 10.9 Å². The van der Waals surface area contributed by atoms with Gasteiger partial charge in [0.2, 0.25) is 5.95 Å². The Balaban J connectivity index is 1.31. The van der Waals surface area contributed by atoms with Crippen LogP contribution in [0.1, 0.15) is 24.0 Å². The van der Waals surface area contributed by atoms with Crippen molar-refractivity contribution < 1.29 is 10.2 Å². The summed E-state index contributed by atoms with van der Waals surface area (Å²) in [6.07, 6.45) is 3.77. The second-order valence-electron chi connectivity index (χ2n) is 8.38. The van der Waals surface area contributed by atoms with Crippen molar-refractivity contribution >= 4 is 22.8 Å². The van der Waals surface area contributed by atoms with Gasteiger partial charge in [0.1, 0.15) is 0 Å². The first-order valence-electron chi connectivity index (χ1n) is 11.2. The Hall–Kier alpha value is -3.40. The molecule has 0 atom stereocenters. The molecule has 0 radical (unpaired) electrons. The van der Waals surface area contributed by atoms with E-state index < -0.39 is 0 Å². The summed E-state index contributed by atoms with van der Waals surface area (Å²) < 4.78 is 1.68. The van der Waals surface area contributed by atoms with Crippen LogP contribution in [0.5, 0.6) is 0 Å². The fraction of sp³-hybridized carbons (Fsp3) is 0.333. The van der Waals surface area contributed by atoms with Gasteiger partial charge in [0.25, 0.3) is 0 Å². The maximum Gasteiger partial charge on any atom is 0.229 e. The number of hydrogen-bond acceptors (Lipinski definition) is 8. The first kappa shape index (κ1) is 21.4. The van der Waals surface area contributed by atoms with Crippen molar-refractivity contribution in [2.24, 2.45) is 0 Å². The molecule has 9 heteroatoms. The lowest BCUT2D eigenvalue weighted by molar-refractivity contribution is 0.0792. The lowest BCUT2D eigenvalue weighted by atomic mass is 10.1. The zero-order valence-electron chi connectivity index (χ0n) is 18.3. The number of nitrogens with zero attached hydrogens (tertiary/aromatic N) is 6. The topological polar surface area (TPSA) is 112 Å². The number of anilines is 2. The van der Waals surface area contributed by atoms with Crippen molar-refractivity contribution in [3.8, 4) is 5.69 Å². The molecule has 1 aliphatic rings. The van der Waals surface area contributed by atoms with Gasteiger partial charge in [-0.2, -0.15) is 9.67 Å². The van der Waals surface area contributed by atoms with Gasteiger partial charge in [-0.25, -0.2) is 4.98 Å². The molecule has 0 unspecified atom stereocenters. The molecule has 5 rings (SSSR count). The molecule has 0 bridgehead atoms. The van der Waals surface area contributed by atoms with Gasteiger partial charge in [-0.05, 0) is 54.7 Å². The SMILES string of the molecule is OCCc1cccc(-n2nnc3cnc(Nc4ccc(CN5CCC(O)CC5)cc4)nc32)c1. The van der Waals surface area contributed by atoms with Crippen LogP contribution in [0.15, 0.2) is 54.7 Å². The Labute approximate surface area is 191 Å². The summed E-state index contributed by atoms with van der Waals surface area (Å²) in [6, 6.07) is 16.1. The number of fused-ring (bicyclic) bond motifs is 1. The fourth-order valence-corrected chi connectivity index (χ4v) is 4.09. The van der Waals surface area contributed by atoms with Gasteiger partial charge in [-0.15, -0.1) is 5.10 Å². The number of benzene rings is 2. The Bertz CT molecular complexity index is 1220. The van der Waals surface area contributed by atoms with E-state index >= 15 is 0 Å². The molecule has 0 saturated carbocycles. The molecule has 2 aromatic heterocycles. The maximum absolute atomic E-state index is 9.67. The summed E-state index contributed by atoms with van der Waals surface area (Å²) in [5.41, 5.74) is 5.21. The van der Waals surface area contributed by atoms with Gasteiger partial charge in [-0.1, -0.05) is 29.5 Å². The van der Waals surface area contributed by atoms with Crippen LogP contribution in [0.3, 0.4) is 0 Å². The van der Waals surface area contributed by atoms with E-state index in [-0.39, 0.29) is 12.7 Å². The van der Waals surface area contributed by atoms with Crippen molar-refractivity contribution in [1.82, 2.24) is 29.9 Å². The van der Waals surface area contributed by atoms with Crippen LogP contribution in [0, 0.1) is 0 Å². The maximum atomic E-state index is 9.67. The van der Waals surface area contributed by atoms with E-state index in [9.17, 15) is 10.2 Å². The van der Waals surface area contributed by atoms with E-state index in [2.05, 4.69) is 42.6 Å². The van der Waals surface area contributed by atoms with Crippen molar-refractivity contribution in [3.63, 3.8) is 0 Å². The highest BCUT2D eigenvalue weighted by molar-refractivity contribution is 5.72. The molecule has 170 valence electrons. The third-order valence-corrected chi connectivity index (χ3v) is 5.92. The minimum absolute atomic E-state index is 0.0950. The predicted molar refractivity (Wildman–Crippen MR) is 125 cm³/mol. The Kier molecular flexibility index (Phi) is 6.25. The molecular weight excluding hydrogens is 418 g/mol. The van der Waals surface area contributed by atoms with E-state index in [0.717, 1.165) is 49.4 Å². The van der Waals surface area contributed by atoms with Gasteiger partial charge in [-0.3, -0.25) is 4.90 Å². The summed E-state index contributed by atoms with van der Waals surface area (Å²) in [5, 5.41) is 30.6. The molecule has 9 nitrogen and oxygen atoms in total. The van der Waals surface area contributed by atoms with Crippen molar-refractivity contribution in [2.45, 2.75) is 31.9 Å². The lowest BCUT2D eigenvalue weighted by Crippen LogP contribution is -2.35.